The van der Waals surface area contributed by atoms with Crippen LogP contribution in [-0.2, 0) is 4.79 Å². The number of rotatable bonds is 11. The second kappa shape index (κ2) is 11.3. The quantitative estimate of drug-likeness (QED) is 0.551. The van der Waals surface area contributed by atoms with E-state index in [2.05, 4.69) is 13.8 Å². The lowest BCUT2D eigenvalue weighted by molar-refractivity contribution is -0.136. The maximum Gasteiger partial charge on any atom is 0.316 e. The fraction of sp³-hybridized carbons (Fsp3) is 0.923. The molecule has 0 saturated heterocycles. The predicted molar refractivity (Wildman–Crippen MR) is 72.2 cm³/mol. The topological polar surface area (TPSA) is 37.3 Å². The molecular weight excluding hydrogens is 220 g/mol. The number of unbranched alkanes of at least 4 members (excludes halogenated alkanes) is 5. The molecule has 1 atom stereocenters. The Morgan fingerprint density at radius 2 is 1.69 bits per heavy atom. The molecule has 0 heterocycles. The molecule has 0 aliphatic carbocycles. The number of carboxylic acid groups (broad SMARTS) is 1. The van der Waals surface area contributed by atoms with E-state index >= 15 is 0 Å². The summed E-state index contributed by atoms with van der Waals surface area (Å²) in [7, 11) is 0. The van der Waals surface area contributed by atoms with Gasteiger partial charge in [-0.05, 0) is 18.6 Å². The fourth-order valence-electron chi connectivity index (χ4n) is 1.60. The summed E-state index contributed by atoms with van der Waals surface area (Å²) in [5.41, 5.74) is 0. The monoisotopic (exact) mass is 246 g/mol. The Morgan fingerprint density at radius 3 is 2.25 bits per heavy atom. The van der Waals surface area contributed by atoms with Gasteiger partial charge in [0.2, 0.25) is 0 Å². The molecule has 96 valence electrons. The number of aliphatic carboxylic acids is 1. The van der Waals surface area contributed by atoms with Crippen molar-refractivity contribution in [2.24, 2.45) is 0 Å². The maximum atomic E-state index is 11.0. The van der Waals surface area contributed by atoms with Crippen molar-refractivity contribution in [2.75, 3.05) is 5.75 Å². The molecule has 16 heavy (non-hydrogen) atoms. The highest BCUT2D eigenvalue weighted by Crippen LogP contribution is 2.19. The van der Waals surface area contributed by atoms with Gasteiger partial charge in [-0.1, -0.05) is 52.4 Å². The van der Waals surface area contributed by atoms with Crippen LogP contribution in [0, 0.1) is 0 Å². The Kier molecular flexibility index (Phi) is 11.2. The van der Waals surface area contributed by atoms with Crippen LogP contribution in [-0.4, -0.2) is 22.1 Å². The lowest BCUT2D eigenvalue weighted by atomic mass is 10.2. The molecular formula is C13H26O2S. The van der Waals surface area contributed by atoms with E-state index in [4.69, 9.17) is 5.11 Å². The van der Waals surface area contributed by atoms with Gasteiger partial charge < -0.3 is 5.11 Å². The molecule has 0 aromatic carbocycles. The van der Waals surface area contributed by atoms with Crippen LogP contribution in [0.4, 0.5) is 0 Å². The third-order valence-electron chi connectivity index (χ3n) is 2.66. The summed E-state index contributed by atoms with van der Waals surface area (Å²) < 4.78 is 0. The van der Waals surface area contributed by atoms with Gasteiger partial charge in [0.25, 0.3) is 0 Å². The van der Waals surface area contributed by atoms with E-state index in [-0.39, 0.29) is 5.25 Å². The maximum absolute atomic E-state index is 11.0. The van der Waals surface area contributed by atoms with E-state index in [0.717, 1.165) is 25.0 Å². The Balaban J connectivity index is 3.48. The molecule has 0 aromatic heterocycles. The second-order valence-electron chi connectivity index (χ2n) is 4.25. The van der Waals surface area contributed by atoms with Crippen molar-refractivity contribution in [3.05, 3.63) is 0 Å². The minimum Gasteiger partial charge on any atom is -0.480 e. The van der Waals surface area contributed by atoms with Gasteiger partial charge in [0.05, 0.1) is 0 Å². The van der Waals surface area contributed by atoms with Crippen LogP contribution in [0.25, 0.3) is 0 Å². The molecule has 0 rings (SSSR count). The minimum atomic E-state index is -0.632. The first-order valence-electron chi connectivity index (χ1n) is 6.56. The highest BCUT2D eigenvalue weighted by atomic mass is 32.2. The predicted octanol–water partition coefficient (Wildman–Crippen LogP) is 4.33. The van der Waals surface area contributed by atoms with Crippen molar-refractivity contribution in [1.29, 1.82) is 0 Å². The number of carbonyl (C=O) groups is 1. The number of hydrogen-bond acceptors (Lipinski definition) is 2. The van der Waals surface area contributed by atoms with E-state index in [0.29, 0.717) is 0 Å². The van der Waals surface area contributed by atoms with Crippen LogP contribution in [0.2, 0.25) is 0 Å². The molecule has 0 aliphatic heterocycles. The van der Waals surface area contributed by atoms with Crippen molar-refractivity contribution in [1.82, 2.24) is 0 Å². The first-order valence-corrected chi connectivity index (χ1v) is 7.61. The highest BCUT2D eigenvalue weighted by Gasteiger charge is 2.16. The summed E-state index contributed by atoms with van der Waals surface area (Å²) in [5.74, 6) is 0.372. The van der Waals surface area contributed by atoms with Crippen LogP contribution in [0.15, 0.2) is 0 Å². The van der Waals surface area contributed by atoms with Crippen LogP contribution in [0.1, 0.15) is 65.2 Å². The average Bonchev–Trinajstić information content (AvgIpc) is 2.26. The standard InChI is InChI=1S/C13H26O2S/c1-3-5-7-8-9-11-16-12(13(14)15)10-6-4-2/h12H,3-11H2,1-2H3,(H,14,15). The first-order chi connectivity index (χ1) is 7.72. The van der Waals surface area contributed by atoms with E-state index < -0.39 is 5.97 Å². The molecule has 0 aromatic rings. The molecule has 1 N–H and O–H groups in total. The van der Waals surface area contributed by atoms with Gasteiger partial charge in [-0.25, -0.2) is 0 Å². The molecule has 0 fully saturated rings. The lowest BCUT2D eigenvalue weighted by Crippen LogP contribution is -2.16. The number of carboxylic acids is 1. The zero-order valence-corrected chi connectivity index (χ0v) is 11.5. The Hall–Kier alpha value is -0.180. The summed E-state index contributed by atoms with van der Waals surface area (Å²) in [6.45, 7) is 4.31. The first kappa shape index (κ1) is 15.8. The third-order valence-corrected chi connectivity index (χ3v) is 4.03. The van der Waals surface area contributed by atoms with Gasteiger partial charge in [-0.2, -0.15) is 0 Å². The number of hydrogen-bond donors (Lipinski definition) is 1. The van der Waals surface area contributed by atoms with Gasteiger partial charge >= 0.3 is 5.97 Å². The van der Waals surface area contributed by atoms with E-state index in [1.54, 1.807) is 11.8 Å². The molecule has 2 nitrogen and oxygen atoms in total. The molecule has 0 aliphatic rings. The zero-order valence-electron chi connectivity index (χ0n) is 10.7. The molecule has 0 saturated carbocycles. The van der Waals surface area contributed by atoms with Gasteiger partial charge in [-0.15, -0.1) is 11.8 Å². The van der Waals surface area contributed by atoms with Gasteiger partial charge in [0, 0.05) is 0 Å². The van der Waals surface area contributed by atoms with Crippen molar-refractivity contribution < 1.29 is 9.90 Å². The normalized spacial score (nSPS) is 12.6. The Bertz CT molecular complexity index is 171. The van der Waals surface area contributed by atoms with Crippen molar-refractivity contribution in [3.63, 3.8) is 0 Å². The van der Waals surface area contributed by atoms with E-state index in [1.165, 1.54) is 32.1 Å². The van der Waals surface area contributed by atoms with Crippen molar-refractivity contribution >= 4 is 17.7 Å². The molecule has 0 bridgehead atoms. The smallest absolute Gasteiger partial charge is 0.316 e. The van der Waals surface area contributed by atoms with Crippen molar-refractivity contribution in [2.45, 2.75) is 70.5 Å². The molecule has 0 amide bonds. The summed E-state index contributed by atoms with van der Waals surface area (Å²) in [5, 5.41) is 8.84. The minimum absolute atomic E-state index is 0.175. The summed E-state index contributed by atoms with van der Waals surface area (Å²) in [6.07, 6.45) is 9.22. The summed E-state index contributed by atoms with van der Waals surface area (Å²) >= 11 is 1.63. The molecule has 0 radical (unpaired) electrons. The van der Waals surface area contributed by atoms with Crippen LogP contribution in [0.5, 0.6) is 0 Å². The van der Waals surface area contributed by atoms with Crippen LogP contribution < -0.4 is 0 Å². The summed E-state index contributed by atoms with van der Waals surface area (Å²) in [4.78, 5) is 11.0. The molecule has 0 spiro atoms. The SMILES string of the molecule is CCCCCCCSC(CCCC)C(=O)O. The summed E-state index contributed by atoms with van der Waals surface area (Å²) in [6, 6.07) is 0. The highest BCUT2D eigenvalue weighted by molar-refractivity contribution is 8.00. The molecule has 3 heteroatoms. The van der Waals surface area contributed by atoms with E-state index in [9.17, 15) is 4.79 Å². The second-order valence-corrected chi connectivity index (χ2v) is 5.56. The Labute approximate surface area is 104 Å². The largest absolute Gasteiger partial charge is 0.480 e. The van der Waals surface area contributed by atoms with Gasteiger partial charge in [0.15, 0.2) is 0 Å². The lowest BCUT2D eigenvalue weighted by Gasteiger charge is -2.11. The van der Waals surface area contributed by atoms with Gasteiger partial charge in [-0.3, -0.25) is 4.79 Å². The van der Waals surface area contributed by atoms with Crippen LogP contribution >= 0.6 is 11.8 Å². The average molecular weight is 246 g/mol. The van der Waals surface area contributed by atoms with Crippen molar-refractivity contribution in [3.8, 4) is 0 Å². The third kappa shape index (κ3) is 9.08. The van der Waals surface area contributed by atoms with Crippen LogP contribution in [0.3, 0.4) is 0 Å². The molecule has 1 unspecified atom stereocenters. The zero-order chi connectivity index (χ0) is 12.2. The fourth-order valence-corrected chi connectivity index (χ4v) is 2.73. The Morgan fingerprint density at radius 1 is 1.06 bits per heavy atom. The van der Waals surface area contributed by atoms with E-state index in [1.807, 2.05) is 0 Å². The number of thioether (sulfide) groups is 1. The van der Waals surface area contributed by atoms with Gasteiger partial charge in [0.1, 0.15) is 5.25 Å².